The van der Waals surface area contributed by atoms with Crippen LogP contribution in [-0.2, 0) is 19.1 Å². The van der Waals surface area contributed by atoms with Gasteiger partial charge in [0.25, 0.3) is 5.91 Å². The molecule has 132 valence electrons. The number of hydrogen-bond acceptors (Lipinski definition) is 5. The number of anilines is 1. The number of para-hydroxylation sites is 1. The van der Waals surface area contributed by atoms with Gasteiger partial charge in [-0.1, -0.05) is 18.2 Å². The van der Waals surface area contributed by atoms with E-state index < -0.39 is 17.9 Å². The van der Waals surface area contributed by atoms with Crippen LogP contribution in [0.4, 0.5) is 5.69 Å². The van der Waals surface area contributed by atoms with Gasteiger partial charge in [0, 0.05) is 32.9 Å². The molecule has 25 heavy (non-hydrogen) atoms. The van der Waals surface area contributed by atoms with Crippen LogP contribution in [0.1, 0.15) is 19.3 Å². The second-order valence-electron chi connectivity index (χ2n) is 5.99. The molecule has 2 unspecified atom stereocenters. The lowest BCUT2D eigenvalue weighted by atomic mass is 10.1. The zero-order valence-electron chi connectivity index (χ0n) is 13.8. The van der Waals surface area contributed by atoms with Gasteiger partial charge in [-0.2, -0.15) is 5.10 Å². The highest BCUT2D eigenvalue weighted by atomic mass is 16.5. The predicted molar refractivity (Wildman–Crippen MR) is 89.1 cm³/mol. The van der Waals surface area contributed by atoms with Crippen LogP contribution < -0.4 is 5.01 Å². The van der Waals surface area contributed by atoms with E-state index in [1.54, 1.807) is 24.3 Å². The molecule has 8 heteroatoms. The summed E-state index contributed by atoms with van der Waals surface area (Å²) >= 11 is 0. The fourth-order valence-electron chi connectivity index (χ4n) is 3.07. The van der Waals surface area contributed by atoms with E-state index in [0.717, 1.165) is 0 Å². The van der Waals surface area contributed by atoms with Crippen LogP contribution in [0, 0.1) is 0 Å². The minimum absolute atomic E-state index is 0.152. The largest absolute Gasteiger partial charge is 0.480 e. The van der Waals surface area contributed by atoms with Crippen LogP contribution >= 0.6 is 0 Å². The zero-order valence-corrected chi connectivity index (χ0v) is 13.8. The molecule has 3 rings (SSSR count). The summed E-state index contributed by atoms with van der Waals surface area (Å²) in [7, 11) is 1.49. The smallest absolute Gasteiger partial charge is 0.326 e. The highest BCUT2D eigenvalue weighted by Gasteiger charge is 2.42. The molecular weight excluding hydrogens is 326 g/mol. The van der Waals surface area contributed by atoms with Crippen molar-refractivity contribution in [2.75, 3.05) is 18.7 Å². The van der Waals surface area contributed by atoms with Crippen molar-refractivity contribution in [3.05, 3.63) is 30.3 Å². The van der Waals surface area contributed by atoms with Gasteiger partial charge in [0.15, 0.2) is 0 Å². The Labute approximate surface area is 144 Å². The fraction of sp³-hybridized carbons (Fsp3) is 0.412. The SMILES string of the molecule is COC1CC(C(=O)O)N(C(=O)C2=NN(c3ccccc3)C(=O)CC2)C1. The van der Waals surface area contributed by atoms with E-state index in [0.29, 0.717) is 5.69 Å². The molecule has 1 N–H and O–H groups in total. The third-order valence-corrected chi connectivity index (χ3v) is 4.42. The second-order valence-corrected chi connectivity index (χ2v) is 5.99. The normalized spacial score (nSPS) is 23.6. The number of methoxy groups -OCH3 is 1. The number of carboxylic acid groups (broad SMARTS) is 1. The van der Waals surface area contributed by atoms with Crippen LogP contribution in [0.5, 0.6) is 0 Å². The molecule has 0 bridgehead atoms. The van der Waals surface area contributed by atoms with Gasteiger partial charge in [0.1, 0.15) is 11.8 Å². The van der Waals surface area contributed by atoms with Crippen molar-refractivity contribution in [2.45, 2.75) is 31.4 Å². The number of aliphatic carboxylic acids is 1. The number of carbonyl (C=O) groups is 3. The van der Waals surface area contributed by atoms with Crippen LogP contribution in [-0.4, -0.2) is 59.3 Å². The maximum atomic E-state index is 12.8. The van der Waals surface area contributed by atoms with Crippen molar-refractivity contribution < 1.29 is 24.2 Å². The second kappa shape index (κ2) is 7.02. The van der Waals surface area contributed by atoms with E-state index in [-0.39, 0.29) is 43.5 Å². The number of rotatable bonds is 4. The first-order chi connectivity index (χ1) is 12.0. The molecule has 2 heterocycles. The molecule has 0 saturated carbocycles. The Hall–Kier alpha value is -2.74. The van der Waals surface area contributed by atoms with Gasteiger partial charge >= 0.3 is 5.97 Å². The van der Waals surface area contributed by atoms with Crippen molar-refractivity contribution in [1.82, 2.24) is 4.90 Å². The molecule has 0 spiro atoms. The zero-order chi connectivity index (χ0) is 18.0. The van der Waals surface area contributed by atoms with Crippen molar-refractivity contribution in [3.8, 4) is 0 Å². The third-order valence-electron chi connectivity index (χ3n) is 4.42. The summed E-state index contributed by atoms with van der Waals surface area (Å²) in [6.45, 7) is 0.199. The summed E-state index contributed by atoms with van der Waals surface area (Å²) in [6.07, 6.45) is 0.271. The summed E-state index contributed by atoms with van der Waals surface area (Å²) in [5, 5.41) is 14.8. The lowest BCUT2D eigenvalue weighted by Gasteiger charge is -2.27. The van der Waals surface area contributed by atoms with Crippen molar-refractivity contribution in [1.29, 1.82) is 0 Å². The molecule has 0 radical (unpaired) electrons. The Bertz CT molecular complexity index is 718. The van der Waals surface area contributed by atoms with Gasteiger partial charge in [-0.25, -0.2) is 9.80 Å². The van der Waals surface area contributed by atoms with E-state index in [1.807, 2.05) is 6.07 Å². The van der Waals surface area contributed by atoms with Gasteiger partial charge < -0.3 is 14.7 Å². The predicted octanol–water partition coefficient (Wildman–Crippen LogP) is 0.870. The lowest BCUT2D eigenvalue weighted by molar-refractivity contribution is -0.146. The van der Waals surface area contributed by atoms with Gasteiger partial charge in [-0.15, -0.1) is 0 Å². The van der Waals surface area contributed by atoms with E-state index in [4.69, 9.17) is 4.74 Å². The van der Waals surface area contributed by atoms with Crippen LogP contribution in [0.15, 0.2) is 35.4 Å². The fourth-order valence-corrected chi connectivity index (χ4v) is 3.07. The highest BCUT2D eigenvalue weighted by molar-refractivity contribution is 6.40. The molecule has 2 atom stereocenters. The van der Waals surface area contributed by atoms with Crippen molar-refractivity contribution >= 4 is 29.2 Å². The minimum Gasteiger partial charge on any atom is -0.480 e. The van der Waals surface area contributed by atoms with Crippen LogP contribution in [0.25, 0.3) is 0 Å². The van der Waals surface area contributed by atoms with Gasteiger partial charge in [-0.05, 0) is 12.1 Å². The molecule has 2 aliphatic heterocycles. The number of nitrogens with zero attached hydrogens (tertiary/aromatic N) is 3. The standard InChI is InChI=1S/C17H19N3O5/c1-25-12-9-14(17(23)24)19(10-12)16(22)13-7-8-15(21)20(18-13)11-5-3-2-4-6-11/h2-6,12,14H,7-10H2,1H3,(H,23,24). The average Bonchev–Trinajstić information content (AvgIpc) is 3.07. The number of likely N-dealkylation sites (tertiary alicyclic amines) is 1. The van der Waals surface area contributed by atoms with Gasteiger partial charge in [0.05, 0.1) is 11.8 Å². The number of benzene rings is 1. The van der Waals surface area contributed by atoms with Gasteiger partial charge in [0.2, 0.25) is 5.91 Å². The molecule has 1 saturated heterocycles. The molecule has 1 aromatic carbocycles. The van der Waals surface area contributed by atoms with Crippen molar-refractivity contribution in [2.24, 2.45) is 5.10 Å². The summed E-state index contributed by atoms with van der Waals surface area (Å²) in [4.78, 5) is 37.7. The quantitative estimate of drug-likeness (QED) is 0.873. The number of ether oxygens (including phenoxy) is 1. The van der Waals surface area contributed by atoms with Gasteiger partial charge in [-0.3, -0.25) is 9.59 Å². The van der Waals surface area contributed by atoms with Crippen LogP contribution in [0.3, 0.4) is 0 Å². The summed E-state index contributed by atoms with van der Waals surface area (Å²) in [6, 6.07) is 7.89. The molecule has 1 fully saturated rings. The maximum absolute atomic E-state index is 12.8. The Morgan fingerprint density at radius 3 is 2.60 bits per heavy atom. The number of hydrogen-bond donors (Lipinski definition) is 1. The molecule has 1 aromatic rings. The maximum Gasteiger partial charge on any atom is 0.326 e. The summed E-state index contributed by atoms with van der Waals surface area (Å²) < 4.78 is 5.21. The number of amides is 2. The first-order valence-electron chi connectivity index (χ1n) is 8.03. The first-order valence-corrected chi connectivity index (χ1v) is 8.03. The van der Waals surface area contributed by atoms with E-state index >= 15 is 0 Å². The van der Waals surface area contributed by atoms with E-state index in [1.165, 1.54) is 17.0 Å². The molecule has 8 nitrogen and oxygen atoms in total. The Morgan fingerprint density at radius 2 is 1.96 bits per heavy atom. The third kappa shape index (κ3) is 3.39. The Balaban J connectivity index is 1.86. The average molecular weight is 345 g/mol. The van der Waals surface area contributed by atoms with Crippen molar-refractivity contribution in [3.63, 3.8) is 0 Å². The molecular formula is C17H19N3O5. The molecule has 2 amide bonds. The molecule has 0 aliphatic carbocycles. The number of carboxylic acids is 1. The molecule has 0 aromatic heterocycles. The minimum atomic E-state index is -1.07. The monoisotopic (exact) mass is 345 g/mol. The highest BCUT2D eigenvalue weighted by Crippen LogP contribution is 2.24. The first kappa shape index (κ1) is 17.1. The Morgan fingerprint density at radius 1 is 1.24 bits per heavy atom. The Kier molecular flexibility index (Phi) is 4.80. The lowest BCUT2D eigenvalue weighted by Crippen LogP contribution is -2.46. The van der Waals surface area contributed by atoms with Crippen LogP contribution in [0.2, 0.25) is 0 Å². The number of hydrazone groups is 1. The topological polar surface area (TPSA) is 99.5 Å². The number of carbonyl (C=O) groups excluding carboxylic acids is 2. The van der Waals surface area contributed by atoms with E-state index in [9.17, 15) is 19.5 Å². The van der Waals surface area contributed by atoms with E-state index in [2.05, 4.69) is 5.10 Å². The molecule has 2 aliphatic rings. The summed E-state index contributed by atoms with van der Waals surface area (Å²) in [5.74, 6) is -1.73. The summed E-state index contributed by atoms with van der Waals surface area (Å²) in [5.41, 5.74) is 0.759.